The summed E-state index contributed by atoms with van der Waals surface area (Å²) in [6.07, 6.45) is 0. The van der Waals surface area contributed by atoms with Crippen LogP contribution in [0.25, 0.3) is 0 Å². The van der Waals surface area contributed by atoms with Crippen molar-refractivity contribution in [3.63, 3.8) is 0 Å². The minimum absolute atomic E-state index is 0.101. The van der Waals surface area contributed by atoms with Gasteiger partial charge in [-0.05, 0) is 62.7 Å². The van der Waals surface area contributed by atoms with Gasteiger partial charge in [0.1, 0.15) is 5.82 Å². The van der Waals surface area contributed by atoms with Crippen molar-refractivity contribution in [2.75, 3.05) is 0 Å². The van der Waals surface area contributed by atoms with E-state index in [0.717, 1.165) is 5.56 Å². The van der Waals surface area contributed by atoms with Crippen LogP contribution in [-0.2, 0) is 10.0 Å². The zero-order valence-corrected chi connectivity index (χ0v) is 15.1. The number of sulfonamides is 1. The molecule has 134 valence electrons. The number of benzene rings is 2. The minimum Gasteiger partial charge on any atom is -0.346 e. The molecule has 0 fully saturated rings. The monoisotopic (exact) mass is 364 g/mol. The predicted molar refractivity (Wildman–Crippen MR) is 94.2 cm³/mol. The van der Waals surface area contributed by atoms with Crippen molar-refractivity contribution in [2.45, 2.75) is 37.8 Å². The largest absolute Gasteiger partial charge is 0.346 e. The van der Waals surface area contributed by atoms with Gasteiger partial charge in [0.15, 0.2) is 0 Å². The van der Waals surface area contributed by atoms with Crippen molar-refractivity contribution in [3.05, 3.63) is 65.5 Å². The molecule has 1 atom stereocenters. The third-order valence-corrected chi connectivity index (χ3v) is 5.21. The van der Waals surface area contributed by atoms with Gasteiger partial charge in [-0.3, -0.25) is 4.79 Å². The van der Waals surface area contributed by atoms with Crippen LogP contribution < -0.4 is 10.0 Å². The quantitative estimate of drug-likeness (QED) is 0.827. The molecule has 2 rings (SSSR count). The molecule has 2 N–H and O–H groups in total. The van der Waals surface area contributed by atoms with Crippen molar-refractivity contribution in [1.82, 2.24) is 10.0 Å². The molecule has 2 aromatic rings. The fraction of sp³-hybridized carbons (Fsp3) is 0.278. The van der Waals surface area contributed by atoms with E-state index in [1.54, 1.807) is 32.9 Å². The van der Waals surface area contributed by atoms with E-state index >= 15 is 0 Å². The first-order valence-corrected chi connectivity index (χ1v) is 9.36. The lowest BCUT2D eigenvalue weighted by molar-refractivity contribution is 0.0940. The normalized spacial score (nSPS) is 12.8. The topological polar surface area (TPSA) is 75.3 Å². The van der Waals surface area contributed by atoms with Crippen LogP contribution in [0.15, 0.2) is 53.4 Å². The molecule has 0 saturated carbocycles. The highest BCUT2D eigenvalue weighted by Gasteiger charge is 2.17. The molecule has 0 radical (unpaired) electrons. The average molecular weight is 364 g/mol. The third-order valence-electron chi connectivity index (χ3n) is 3.54. The standard InChI is InChI=1S/C18H21FN2O3S/c1-12(2)21-25(23,24)17-10-6-15(7-11-17)18(22)20-13(3)14-4-8-16(19)9-5-14/h4-13,21H,1-3H3,(H,20,22). The third kappa shape index (κ3) is 5.11. The number of carbonyl (C=O) groups is 1. The van der Waals surface area contributed by atoms with Crippen LogP contribution in [0, 0.1) is 5.82 Å². The van der Waals surface area contributed by atoms with Gasteiger partial charge in [0.25, 0.3) is 5.91 Å². The number of carbonyl (C=O) groups excluding carboxylic acids is 1. The van der Waals surface area contributed by atoms with Crippen LogP contribution >= 0.6 is 0 Å². The van der Waals surface area contributed by atoms with E-state index < -0.39 is 10.0 Å². The van der Waals surface area contributed by atoms with E-state index in [-0.39, 0.29) is 28.7 Å². The molecule has 1 amide bonds. The van der Waals surface area contributed by atoms with E-state index in [4.69, 9.17) is 0 Å². The van der Waals surface area contributed by atoms with Gasteiger partial charge in [-0.25, -0.2) is 17.5 Å². The highest BCUT2D eigenvalue weighted by molar-refractivity contribution is 7.89. The zero-order chi connectivity index (χ0) is 18.6. The summed E-state index contributed by atoms with van der Waals surface area (Å²) in [5, 5.41) is 2.80. The number of rotatable bonds is 6. The van der Waals surface area contributed by atoms with Crippen LogP contribution in [-0.4, -0.2) is 20.4 Å². The average Bonchev–Trinajstić information content (AvgIpc) is 2.54. The molecule has 0 bridgehead atoms. The second-order valence-electron chi connectivity index (χ2n) is 6.05. The lowest BCUT2D eigenvalue weighted by Crippen LogP contribution is -2.30. The molecule has 5 nitrogen and oxygen atoms in total. The van der Waals surface area contributed by atoms with Crippen LogP contribution in [0.2, 0.25) is 0 Å². The van der Waals surface area contributed by atoms with Gasteiger partial charge in [-0.1, -0.05) is 12.1 Å². The lowest BCUT2D eigenvalue weighted by atomic mass is 10.1. The van der Waals surface area contributed by atoms with Crippen LogP contribution in [0.4, 0.5) is 4.39 Å². The second-order valence-corrected chi connectivity index (χ2v) is 7.76. The van der Waals surface area contributed by atoms with Gasteiger partial charge in [-0.2, -0.15) is 0 Å². The second kappa shape index (κ2) is 7.76. The van der Waals surface area contributed by atoms with Crippen molar-refractivity contribution < 1.29 is 17.6 Å². The summed E-state index contributed by atoms with van der Waals surface area (Å²) in [7, 11) is -3.59. The number of halogens is 1. The maximum atomic E-state index is 12.9. The lowest BCUT2D eigenvalue weighted by Gasteiger charge is -2.15. The molecule has 0 aliphatic carbocycles. The van der Waals surface area contributed by atoms with Crippen molar-refractivity contribution >= 4 is 15.9 Å². The van der Waals surface area contributed by atoms with E-state index in [2.05, 4.69) is 10.0 Å². The number of amides is 1. The molecular formula is C18H21FN2O3S. The van der Waals surface area contributed by atoms with Gasteiger partial charge in [0.2, 0.25) is 10.0 Å². The van der Waals surface area contributed by atoms with Gasteiger partial charge in [0, 0.05) is 11.6 Å². The molecule has 0 aliphatic heterocycles. The summed E-state index contributed by atoms with van der Waals surface area (Å²) in [5.41, 5.74) is 1.12. The Morgan fingerprint density at radius 2 is 1.52 bits per heavy atom. The molecule has 1 unspecified atom stereocenters. The Morgan fingerprint density at radius 3 is 2.04 bits per heavy atom. The number of hydrogen-bond donors (Lipinski definition) is 2. The summed E-state index contributed by atoms with van der Waals surface area (Å²) >= 11 is 0. The molecule has 2 aromatic carbocycles. The minimum atomic E-state index is -3.59. The van der Waals surface area contributed by atoms with E-state index in [0.29, 0.717) is 5.56 Å². The highest BCUT2D eigenvalue weighted by atomic mass is 32.2. The van der Waals surface area contributed by atoms with Crippen molar-refractivity contribution in [1.29, 1.82) is 0 Å². The Morgan fingerprint density at radius 1 is 0.960 bits per heavy atom. The maximum Gasteiger partial charge on any atom is 0.251 e. The maximum absolute atomic E-state index is 12.9. The molecule has 0 saturated heterocycles. The first kappa shape index (κ1) is 19.1. The first-order chi connectivity index (χ1) is 11.7. The summed E-state index contributed by atoms with van der Waals surface area (Å²) < 4.78 is 39.6. The Kier molecular flexibility index (Phi) is 5.92. The molecule has 0 heterocycles. The highest BCUT2D eigenvalue weighted by Crippen LogP contribution is 2.15. The predicted octanol–water partition coefficient (Wildman–Crippen LogP) is 3.00. The summed E-state index contributed by atoms with van der Waals surface area (Å²) in [6.45, 7) is 5.25. The molecule has 7 heteroatoms. The Bertz CT molecular complexity index is 832. The summed E-state index contributed by atoms with van der Waals surface area (Å²) in [6, 6.07) is 11.1. The van der Waals surface area contributed by atoms with Gasteiger partial charge in [-0.15, -0.1) is 0 Å². The Balaban J connectivity index is 2.09. The van der Waals surface area contributed by atoms with E-state index in [9.17, 15) is 17.6 Å². The smallest absolute Gasteiger partial charge is 0.251 e. The molecule has 0 aromatic heterocycles. The van der Waals surface area contributed by atoms with Crippen LogP contribution in [0.5, 0.6) is 0 Å². The van der Waals surface area contributed by atoms with E-state index in [1.807, 2.05) is 0 Å². The van der Waals surface area contributed by atoms with Gasteiger partial charge < -0.3 is 5.32 Å². The van der Waals surface area contributed by atoms with Crippen molar-refractivity contribution in [3.8, 4) is 0 Å². The van der Waals surface area contributed by atoms with Crippen LogP contribution in [0.3, 0.4) is 0 Å². The molecule has 0 spiro atoms. The fourth-order valence-corrected chi connectivity index (χ4v) is 3.53. The number of hydrogen-bond acceptors (Lipinski definition) is 3. The molecule has 25 heavy (non-hydrogen) atoms. The zero-order valence-electron chi connectivity index (χ0n) is 14.3. The SMILES string of the molecule is CC(C)NS(=O)(=O)c1ccc(C(=O)NC(C)c2ccc(F)cc2)cc1. The Hall–Kier alpha value is -2.25. The van der Waals surface area contributed by atoms with Gasteiger partial charge in [0.05, 0.1) is 10.9 Å². The van der Waals surface area contributed by atoms with Crippen LogP contribution in [0.1, 0.15) is 42.7 Å². The Labute approximate surface area is 147 Å². The molecule has 0 aliphatic rings. The number of nitrogens with one attached hydrogen (secondary N) is 2. The summed E-state index contributed by atoms with van der Waals surface area (Å²) in [5.74, 6) is -0.674. The molecular weight excluding hydrogens is 343 g/mol. The van der Waals surface area contributed by atoms with Gasteiger partial charge >= 0.3 is 0 Å². The van der Waals surface area contributed by atoms with Crippen molar-refractivity contribution in [2.24, 2.45) is 0 Å². The first-order valence-electron chi connectivity index (χ1n) is 7.88. The van der Waals surface area contributed by atoms with E-state index in [1.165, 1.54) is 36.4 Å². The summed E-state index contributed by atoms with van der Waals surface area (Å²) in [4.78, 5) is 12.4. The fourth-order valence-electron chi connectivity index (χ4n) is 2.28.